The Bertz CT molecular complexity index is 1180. The summed E-state index contributed by atoms with van der Waals surface area (Å²) in [6.45, 7) is 4.05. The molecule has 6 heteroatoms. The lowest BCUT2D eigenvalue weighted by atomic mass is 10.0. The number of nitrogens with zero attached hydrogens (tertiary/aromatic N) is 3. The molecule has 0 aliphatic carbocycles. The van der Waals surface area contributed by atoms with Crippen molar-refractivity contribution in [3.8, 4) is 22.5 Å². The van der Waals surface area contributed by atoms with Gasteiger partial charge in [0.25, 0.3) is 0 Å². The Morgan fingerprint density at radius 2 is 1.53 bits per heavy atom. The zero-order valence-electron chi connectivity index (χ0n) is 18.4. The molecule has 4 aromatic rings. The van der Waals surface area contributed by atoms with Gasteiger partial charge in [0.15, 0.2) is 11.0 Å². The standard InChI is InChI=1S/C26H26N4OS/c1-18-9-11-23(12-10-18)25-28-29-26(30(25)3)32-17-24(31)27-19(2)20-13-15-22(16-14-20)21-7-5-4-6-8-21/h4-16,19H,17H2,1-3H3,(H,27,31). The van der Waals surface area contributed by atoms with Gasteiger partial charge in [0.05, 0.1) is 11.8 Å². The van der Waals surface area contributed by atoms with Gasteiger partial charge in [-0.15, -0.1) is 10.2 Å². The molecule has 0 bridgehead atoms. The molecule has 0 aliphatic heterocycles. The number of benzene rings is 3. The highest BCUT2D eigenvalue weighted by Crippen LogP contribution is 2.24. The normalized spacial score (nSPS) is 11.8. The summed E-state index contributed by atoms with van der Waals surface area (Å²) in [6.07, 6.45) is 0. The van der Waals surface area contributed by atoms with Crippen LogP contribution in [-0.4, -0.2) is 26.4 Å². The van der Waals surface area contributed by atoms with Gasteiger partial charge in [-0.3, -0.25) is 4.79 Å². The van der Waals surface area contributed by atoms with Gasteiger partial charge >= 0.3 is 0 Å². The number of nitrogens with one attached hydrogen (secondary N) is 1. The van der Waals surface area contributed by atoms with E-state index in [0.717, 1.165) is 27.7 Å². The second kappa shape index (κ2) is 9.83. The van der Waals surface area contributed by atoms with Gasteiger partial charge in [0.1, 0.15) is 0 Å². The molecule has 0 saturated heterocycles. The molecule has 4 rings (SSSR count). The summed E-state index contributed by atoms with van der Waals surface area (Å²) in [5.74, 6) is 1.04. The molecule has 1 amide bonds. The molecule has 1 unspecified atom stereocenters. The number of carbonyl (C=O) groups is 1. The number of aromatic nitrogens is 3. The first kappa shape index (κ1) is 21.8. The summed E-state index contributed by atoms with van der Waals surface area (Å²) < 4.78 is 1.92. The maximum Gasteiger partial charge on any atom is 0.230 e. The first-order valence-electron chi connectivity index (χ1n) is 10.6. The van der Waals surface area contributed by atoms with Crippen LogP contribution in [0, 0.1) is 6.92 Å². The summed E-state index contributed by atoms with van der Waals surface area (Å²) >= 11 is 1.39. The molecule has 32 heavy (non-hydrogen) atoms. The fourth-order valence-electron chi connectivity index (χ4n) is 3.49. The van der Waals surface area contributed by atoms with Crippen molar-refractivity contribution in [1.29, 1.82) is 0 Å². The van der Waals surface area contributed by atoms with Crippen molar-refractivity contribution in [1.82, 2.24) is 20.1 Å². The Kier molecular flexibility index (Phi) is 6.71. The van der Waals surface area contributed by atoms with Gasteiger partial charge in [0, 0.05) is 12.6 Å². The third-order valence-electron chi connectivity index (χ3n) is 5.37. The van der Waals surface area contributed by atoms with E-state index in [9.17, 15) is 4.79 Å². The van der Waals surface area contributed by atoms with E-state index >= 15 is 0 Å². The Morgan fingerprint density at radius 3 is 2.22 bits per heavy atom. The zero-order chi connectivity index (χ0) is 22.5. The highest BCUT2D eigenvalue weighted by molar-refractivity contribution is 7.99. The van der Waals surface area contributed by atoms with Crippen molar-refractivity contribution in [3.05, 3.63) is 90.0 Å². The maximum absolute atomic E-state index is 12.5. The van der Waals surface area contributed by atoms with Gasteiger partial charge in [-0.25, -0.2) is 0 Å². The Balaban J connectivity index is 1.33. The van der Waals surface area contributed by atoms with E-state index in [1.54, 1.807) is 0 Å². The lowest BCUT2D eigenvalue weighted by Crippen LogP contribution is -2.28. The first-order chi connectivity index (χ1) is 15.5. The van der Waals surface area contributed by atoms with Crippen LogP contribution in [0.15, 0.2) is 84.0 Å². The predicted molar refractivity (Wildman–Crippen MR) is 130 cm³/mol. The number of amides is 1. The molecular weight excluding hydrogens is 416 g/mol. The Hall–Kier alpha value is -3.38. The highest BCUT2D eigenvalue weighted by Gasteiger charge is 2.15. The molecule has 0 saturated carbocycles. The van der Waals surface area contributed by atoms with Crippen molar-refractivity contribution in [2.24, 2.45) is 7.05 Å². The van der Waals surface area contributed by atoms with E-state index in [1.165, 1.54) is 22.9 Å². The number of hydrogen-bond acceptors (Lipinski definition) is 4. The van der Waals surface area contributed by atoms with Crippen molar-refractivity contribution in [2.45, 2.75) is 25.0 Å². The van der Waals surface area contributed by atoms with Gasteiger partial charge in [-0.2, -0.15) is 0 Å². The Morgan fingerprint density at radius 1 is 0.906 bits per heavy atom. The fourth-order valence-corrected chi connectivity index (χ4v) is 4.21. The molecule has 0 radical (unpaired) electrons. The molecule has 0 fully saturated rings. The maximum atomic E-state index is 12.5. The highest BCUT2D eigenvalue weighted by atomic mass is 32.2. The van der Waals surface area contributed by atoms with Crippen molar-refractivity contribution in [3.63, 3.8) is 0 Å². The first-order valence-corrected chi connectivity index (χ1v) is 11.5. The monoisotopic (exact) mass is 442 g/mol. The van der Waals surface area contributed by atoms with Crippen LogP contribution in [0.2, 0.25) is 0 Å². The average Bonchev–Trinajstić information content (AvgIpc) is 3.19. The van der Waals surface area contributed by atoms with E-state index < -0.39 is 0 Å². The number of carbonyl (C=O) groups excluding carboxylic acids is 1. The van der Waals surface area contributed by atoms with Crippen LogP contribution in [0.1, 0.15) is 24.1 Å². The SMILES string of the molecule is Cc1ccc(-c2nnc(SCC(=O)NC(C)c3ccc(-c4ccccc4)cc3)n2C)cc1. The lowest BCUT2D eigenvalue weighted by molar-refractivity contribution is -0.119. The summed E-state index contributed by atoms with van der Waals surface area (Å²) in [5.41, 5.74) is 5.62. The predicted octanol–water partition coefficient (Wildman–Crippen LogP) is 5.43. The number of thioether (sulfide) groups is 1. The molecule has 5 nitrogen and oxygen atoms in total. The van der Waals surface area contributed by atoms with E-state index in [4.69, 9.17) is 0 Å². The molecule has 1 heterocycles. The van der Waals surface area contributed by atoms with E-state index in [-0.39, 0.29) is 17.7 Å². The topological polar surface area (TPSA) is 59.8 Å². The van der Waals surface area contributed by atoms with Crippen LogP contribution >= 0.6 is 11.8 Å². The summed E-state index contributed by atoms with van der Waals surface area (Å²) in [6, 6.07) is 26.7. The van der Waals surface area contributed by atoms with Gasteiger partial charge in [0.2, 0.25) is 5.91 Å². The van der Waals surface area contributed by atoms with Crippen LogP contribution in [-0.2, 0) is 11.8 Å². The molecule has 1 atom stereocenters. The van der Waals surface area contributed by atoms with E-state index in [1.807, 2.05) is 48.9 Å². The third-order valence-corrected chi connectivity index (χ3v) is 6.39. The smallest absolute Gasteiger partial charge is 0.230 e. The van der Waals surface area contributed by atoms with Crippen molar-refractivity contribution >= 4 is 17.7 Å². The Labute approximate surface area is 192 Å². The van der Waals surface area contributed by atoms with E-state index in [0.29, 0.717) is 0 Å². The minimum atomic E-state index is -0.0736. The summed E-state index contributed by atoms with van der Waals surface area (Å²) in [5, 5.41) is 12.3. The molecule has 0 aliphatic rings. The van der Waals surface area contributed by atoms with Crippen LogP contribution < -0.4 is 5.32 Å². The summed E-state index contributed by atoms with van der Waals surface area (Å²) in [4.78, 5) is 12.5. The molecule has 3 aromatic carbocycles. The number of aryl methyl sites for hydroxylation is 1. The zero-order valence-corrected chi connectivity index (χ0v) is 19.3. The third kappa shape index (κ3) is 5.08. The number of rotatable bonds is 7. The second-order valence-electron chi connectivity index (χ2n) is 7.80. The van der Waals surface area contributed by atoms with Crippen LogP contribution in [0.25, 0.3) is 22.5 Å². The van der Waals surface area contributed by atoms with Gasteiger partial charge in [-0.05, 0) is 30.5 Å². The lowest BCUT2D eigenvalue weighted by Gasteiger charge is -2.15. The molecule has 1 N–H and O–H groups in total. The van der Waals surface area contributed by atoms with E-state index in [2.05, 4.69) is 71.0 Å². The fraction of sp³-hybridized carbons (Fsp3) is 0.192. The minimum Gasteiger partial charge on any atom is -0.349 e. The van der Waals surface area contributed by atoms with Gasteiger partial charge in [-0.1, -0.05) is 96.2 Å². The molecule has 162 valence electrons. The molecule has 0 spiro atoms. The second-order valence-corrected chi connectivity index (χ2v) is 8.74. The van der Waals surface area contributed by atoms with Gasteiger partial charge < -0.3 is 9.88 Å². The van der Waals surface area contributed by atoms with Crippen molar-refractivity contribution in [2.75, 3.05) is 5.75 Å². The van der Waals surface area contributed by atoms with Crippen LogP contribution in [0.4, 0.5) is 0 Å². The molecular formula is C26H26N4OS. The minimum absolute atomic E-state index is 0.0329. The van der Waals surface area contributed by atoms with Crippen LogP contribution in [0.5, 0.6) is 0 Å². The number of hydrogen-bond donors (Lipinski definition) is 1. The van der Waals surface area contributed by atoms with Crippen LogP contribution in [0.3, 0.4) is 0 Å². The quantitative estimate of drug-likeness (QED) is 0.388. The average molecular weight is 443 g/mol. The van der Waals surface area contributed by atoms with Crippen molar-refractivity contribution < 1.29 is 4.79 Å². The largest absolute Gasteiger partial charge is 0.349 e. The molecule has 1 aromatic heterocycles. The summed E-state index contributed by atoms with van der Waals surface area (Å²) in [7, 11) is 1.92.